The Morgan fingerprint density at radius 1 is 1.29 bits per heavy atom. The van der Waals surface area contributed by atoms with E-state index < -0.39 is 0 Å². The molecular formula is C13H15ClN2O. The van der Waals surface area contributed by atoms with Gasteiger partial charge in [-0.3, -0.25) is 0 Å². The van der Waals surface area contributed by atoms with Crippen LogP contribution in [0.25, 0.3) is 0 Å². The molecular weight excluding hydrogens is 236 g/mol. The molecule has 0 heterocycles. The summed E-state index contributed by atoms with van der Waals surface area (Å²) in [4.78, 5) is 0. The number of rotatable bonds is 2. The molecule has 0 bridgehead atoms. The second-order valence-corrected chi connectivity index (χ2v) is 4.82. The second-order valence-electron chi connectivity index (χ2n) is 4.41. The molecule has 0 radical (unpaired) electrons. The third kappa shape index (κ3) is 3.12. The molecule has 1 aliphatic rings. The maximum absolute atomic E-state index is 8.74. The van der Waals surface area contributed by atoms with E-state index in [0.29, 0.717) is 22.4 Å². The molecule has 2 rings (SSSR count). The predicted octanol–water partition coefficient (Wildman–Crippen LogP) is 2.86. The Balaban J connectivity index is 2.02. The molecule has 2 N–H and O–H groups in total. The van der Waals surface area contributed by atoms with Gasteiger partial charge in [-0.2, -0.15) is 5.26 Å². The lowest BCUT2D eigenvalue weighted by Crippen LogP contribution is -2.31. The summed E-state index contributed by atoms with van der Waals surface area (Å²) in [5.41, 5.74) is 6.39. The van der Waals surface area contributed by atoms with E-state index in [1.54, 1.807) is 18.2 Å². The number of hydrogen-bond acceptors (Lipinski definition) is 3. The predicted molar refractivity (Wildman–Crippen MR) is 67.0 cm³/mol. The molecule has 1 aliphatic carbocycles. The lowest BCUT2D eigenvalue weighted by Gasteiger charge is -2.27. The Hall–Kier alpha value is -1.24. The zero-order chi connectivity index (χ0) is 12.3. The van der Waals surface area contributed by atoms with Crippen LogP contribution in [0.1, 0.15) is 31.2 Å². The minimum Gasteiger partial charge on any atom is -0.489 e. The first kappa shape index (κ1) is 12.2. The van der Waals surface area contributed by atoms with Crippen LogP contribution in [0.2, 0.25) is 5.02 Å². The van der Waals surface area contributed by atoms with Crippen molar-refractivity contribution in [2.75, 3.05) is 0 Å². The summed E-state index contributed by atoms with van der Waals surface area (Å²) < 4.78 is 5.84. The molecule has 0 amide bonds. The summed E-state index contributed by atoms with van der Waals surface area (Å²) in [6.45, 7) is 0. The lowest BCUT2D eigenvalue weighted by atomic mass is 9.94. The Morgan fingerprint density at radius 2 is 2.00 bits per heavy atom. The molecule has 1 fully saturated rings. The van der Waals surface area contributed by atoms with E-state index in [4.69, 9.17) is 27.3 Å². The van der Waals surface area contributed by atoms with Crippen molar-refractivity contribution < 1.29 is 4.74 Å². The van der Waals surface area contributed by atoms with Crippen LogP contribution in [0.3, 0.4) is 0 Å². The Morgan fingerprint density at radius 3 is 2.59 bits per heavy atom. The fourth-order valence-electron chi connectivity index (χ4n) is 2.05. The number of nitrogens with two attached hydrogens (primary N) is 1. The van der Waals surface area contributed by atoms with Crippen LogP contribution in [0, 0.1) is 11.3 Å². The maximum Gasteiger partial charge on any atom is 0.138 e. The van der Waals surface area contributed by atoms with Crippen molar-refractivity contribution in [3.05, 3.63) is 28.8 Å². The van der Waals surface area contributed by atoms with Gasteiger partial charge >= 0.3 is 0 Å². The molecule has 3 nitrogen and oxygen atoms in total. The number of benzene rings is 1. The Kier molecular flexibility index (Phi) is 3.88. The normalized spacial score (nSPS) is 24.1. The molecule has 0 aliphatic heterocycles. The van der Waals surface area contributed by atoms with Gasteiger partial charge in [-0.15, -0.1) is 0 Å². The summed E-state index contributed by atoms with van der Waals surface area (Å²) in [6.07, 6.45) is 4.13. The van der Waals surface area contributed by atoms with Crippen molar-refractivity contribution in [1.82, 2.24) is 0 Å². The van der Waals surface area contributed by atoms with Crippen molar-refractivity contribution in [3.8, 4) is 11.8 Å². The molecule has 90 valence electrons. The third-order valence-electron chi connectivity index (χ3n) is 3.07. The quantitative estimate of drug-likeness (QED) is 0.878. The first-order chi connectivity index (χ1) is 8.19. The molecule has 1 saturated carbocycles. The number of nitrogens with zero attached hydrogens (tertiary/aromatic N) is 1. The van der Waals surface area contributed by atoms with E-state index >= 15 is 0 Å². The van der Waals surface area contributed by atoms with Gasteiger partial charge in [-0.25, -0.2) is 0 Å². The highest BCUT2D eigenvalue weighted by molar-refractivity contribution is 6.32. The molecule has 1 aromatic carbocycles. The van der Waals surface area contributed by atoms with E-state index in [0.717, 1.165) is 25.7 Å². The molecule has 0 saturated heterocycles. The highest BCUT2D eigenvalue weighted by Crippen LogP contribution is 2.29. The fourth-order valence-corrected chi connectivity index (χ4v) is 2.28. The molecule has 4 heteroatoms. The molecule has 17 heavy (non-hydrogen) atoms. The number of nitriles is 1. The third-order valence-corrected chi connectivity index (χ3v) is 3.37. The number of ether oxygens (including phenoxy) is 1. The maximum atomic E-state index is 8.74. The zero-order valence-electron chi connectivity index (χ0n) is 9.53. The van der Waals surface area contributed by atoms with Crippen LogP contribution in [0.5, 0.6) is 5.75 Å². The lowest BCUT2D eigenvalue weighted by molar-refractivity contribution is 0.147. The Labute approximate surface area is 106 Å². The second kappa shape index (κ2) is 5.39. The minimum absolute atomic E-state index is 0.195. The van der Waals surface area contributed by atoms with E-state index in [9.17, 15) is 0 Å². The van der Waals surface area contributed by atoms with Gasteiger partial charge in [-0.1, -0.05) is 11.6 Å². The van der Waals surface area contributed by atoms with Crippen molar-refractivity contribution in [3.63, 3.8) is 0 Å². The van der Waals surface area contributed by atoms with Crippen LogP contribution in [-0.4, -0.2) is 12.1 Å². The van der Waals surface area contributed by atoms with E-state index in [2.05, 4.69) is 0 Å². The van der Waals surface area contributed by atoms with E-state index in [1.807, 2.05) is 6.07 Å². The zero-order valence-corrected chi connectivity index (χ0v) is 10.3. The van der Waals surface area contributed by atoms with Crippen LogP contribution in [-0.2, 0) is 0 Å². The van der Waals surface area contributed by atoms with Crippen LogP contribution >= 0.6 is 11.6 Å². The summed E-state index contributed by atoms with van der Waals surface area (Å²) in [6, 6.07) is 7.47. The summed E-state index contributed by atoms with van der Waals surface area (Å²) in [5.74, 6) is 0.658. The van der Waals surface area contributed by atoms with Gasteiger partial charge in [-0.05, 0) is 43.9 Å². The summed E-state index contributed by atoms with van der Waals surface area (Å²) in [7, 11) is 0. The SMILES string of the molecule is N#Cc1ccc(OC2CCC(N)CC2)c(Cl)c1. The molecule has 0 aromatic heterocycles. The van der Waals surface area contributed by atoms with Crippen LogP contribution in [0.4, 0.5) is 0 Å². The average Bonchev–Trinajstić information content (AvgIpc) is 2.34. The molecule has 0 unspecified atom stereocenters. The Bertz CT molecular complexity index is 434. The largest absolute Gasteiger partial charge is 0.489 e. The van der Waals surface area contributed by atoms with Crippen molar-refractivity contribution in [2.45, 2.75) is 37.8 Å². The number of hydrogen-bond donors (Lipinski definition) is 1. The van der Waals surface area contributed by atoms with Gasteiger partial charge in [0.05, 0.1) is 22.8 Å². The summed E-state index contributed by atoms with van der Waals surface area (Å²) >= 11 is 6.06. The average molecular weight is 251 g/mol. The highest BCUT2D eigenvalue weighted by atomic mass is 35.5. The van der Waals surface area contributed by atoms with Gasteiger partial charge in [0.2, 0.25) is 0 Å². The first-order valence-electron chi connectivity index (χ1n) is 5.81. The van der Waals surface area contributed by atoms with Gasteiger partial charge in [0.15, 0.2) is 0 Å². The number of halogens is 1. The topological polar surface area (TPSA) is 59.0 Å². The smallest absolute Gasteiger partial charge is 0.138 e. The van der Waals surface area contributed by atoms with E-state index in [1.165, 1.54) is 0 Å². The van der Waals surface area contributed by atoms with E-state index in [-0.39, 0.29) is 6.10 Å². The van der Waals surface area contributed by atoms with Crippen molar-refractivity contribution >= 4 is 11.6 Å². The minimum atomic E-state index is 0.195. The summed E-state index contributed by atoms with van der Waals surface area (Å²) in [5, 5.41) is 9.24. The van der Waals surface area contributed by atoms with Crippen molar-refractivity contribution in [2.24, 2.45) is 5.73 Å². The van der Waals surface area contributed by atoms with Gasteiger partial charge in [0.25, 0.3) is 0 Å². The highest BCUT2D eigenvalue weighted by Gasteiger charge is 2.20. The van der Waals surface area contributed by atoms with Crippen LogP contribution in [0.15, 0.2) is 18.2 Å². The first-order valence-corrected chi connectivity index (χ1v) is 6.18. The molecule has 1 aromatic rings. The van der Waals surface area contributed by atoms with Gasteiger partial charge in [0.1, 0.15) is 5.75 Å². The monoisotopic (exact) mass is 250 g/mol. The van der Waals surface area contributed by atoms with Gasteiger partial charge in [0, 0.05) is 6.04 Å². The molecule has 0 atom stereocenters. The standard InChI is InChI=1S/C13H15ClN2O/c14-12-7-9(8-15)1-6-13(12)17-11-4-2-10(16)3-5-11/h1,6-7,10-11H,2-5,16H2. The van der Waals surface area contributed by atoms with Gasteiger partial charge < -0.3 is 10.5 Å². The fraction of sp³-hybridized carbons (Fsp3) is 0.462. The van der Waals surface area contributed by atoms with Crippen LogP contribution < -0.4 is 10.5 Å². The van der Waals surface area contributed by atoms with Crippen molar-refractivity contribution in [1.29, 1.82) is 5.26 Å². The molecule has 0 spiro atoms.